The zero-order valence-electron chi connectivity index (χ0n) is 15.8. The number of aromatic nitrogens is 6. The minimum Gasteiger partial charge on any atom is -0.345 e. The summed E-state index contributed by atoms with van der Waals surface area (Å²) in [7, 11) is 0. The first-order valence-electron chi connectivity index (χ1n) is 9.53. The maximum absolute atomic E-state index is 13.3. The molecular formula is C20H18FN7OS. The van der Waals surface area contributed by atoms with E-state index >= 15 is 0 Å². The minimum atomic E-state index is -0.338. The van der Waals surface area contributed by atoms with Crippen molar-refractivity contribution in [2.24, 2.45) is 0 Å². The zero-order valence-corrected chi connectivity index (χ0v) is 16.6. The highest BCUT2D eigenvalue weighted by molar-refractivity contribution is 7.71. The number of aromatic amines is 1. The van der Waals surface area contributed by atoms with Gasteiger partial charge in [0.2, 0.25) is 0 Å². The van der Waals surface area contributed by atoms with Crippen LogP contribution >= 0.6 is 12.2 Å². The molecule has 10 heteroatoms. The van der Waals surface area contributed by atoms with Crippen LogP contribution in [0.15, 0.2) is 55.0 Å². The normalized spacial score (nSPS) is 13.5. The molecule has 0 unspecified atom stereocenters. The van der Waals surface area contributed by atoms with Crippen LogP contribution in [-0.2, 0) is 6.54 Å². The van der Waals surface area contributed by atoms with E-state index in [1.807, 2.05) is 29.1 Å². The largest absolute Gasteiger partial charge is 0.345 e. The third-order valence-electron chi connectivity index (χ3n) is 5.01. The number of nitrogens with one attached hydrogen (secondary N) is 2. The summed E-state index contributed by atoms with van der Waals surface area (Å²) in [5.74, 6) is 0.633. The Hall–Kier alpha value is -3.53. The quantitative estimate of drug-likeness (QED) is 0.466. The van der Waals surface area contributed by atoms with E-state index in [-0.39, 0.29) is 18.3 Å². The van der Waals surface area contributed by atoms with Crippen molar-refractivity contribution in [3.05, 3.63) is 77.0 Å². The van der Waals surface area contributed by atoms with Crippen molar-refractivity contribution >= 4 is 18.1 Å². The Balaban J connectivity index is 1.46. The lowest BCUT2D eigenvalue weighted by Gasteiger charge is -2.11. The molecular weight excluding hydrogens is 405 g/mol. The first-order valence-corrected chi connectivity index (χ1v) is 9.94. The molecule has 0 saturated heterocycles. The molecule has 1 aliphatic rings. The Morgan fingerprint density at radius 1 is 1.23 bits per heavy atom. The van der Waals surface area contributed by atoms with Gasteiger partial charge >= 0.3 is 0 Å². The molecule has 3 aromatic heterocycles. The molecule has 1 saturated carbocycles. The Morgan fingerprint density at radius 3 is 2.67 bits per heavy atom. The summed E-state index contributed by atoms with van der Waals surface area (Å²) in [6.07, 6.45) is 7.29. The summed E-state index contributed by atoms with van der Waals surface area (Å²) >= 11 is 5.29. The molecule has 2 N–H and O–H groups in total. The molecule has 1 fully saturated rings. The van der Waals surface area contributed by atoms with E-state index in [0.29, 0.717) is 33.7 Å². The Bertz CT molecular complexity index is 1250. The lowest BCUT2D eigenvalue weighted by Crippen LogP contribution is -2.25. The number of carbonyl (C=O) groups is 1. The van der Waals surface area contributed by atoms with Gasteiger partial charge in [-0.15, -0.1) is 0 Å². The number of amides is 1. The SMILES string of the molecule is O=C(NCc1n[nH]c(=S)n1C1CC1)c1cnn(-c2ccc(F)cc2)c1-n1cccc1. The number of rotatable bonds is 6. The summed E-state index contributed by atoms with van der Waals surface area (Å²) in [6, 6.07) is 10.0. The molecule has 0 atom stereocenters. The van der Waals surface area contributed by atoms with Crippen LogP contribution in [0.1, 0.15) is 35.1 Å². The number of hydrogen-bond acceptors (Lipinski definition) is 4. The van der Waals surface area contributed by atoms with Crippen LogP contribution < -0.4 is 5.32 Å². The predicted molar refractivity (Wildman–Crippen MR) is 110 cm³/mol. The predicted octanol–water partition coefficient (Wildman–Crippen LogP) is 3.32. The molecule has 0 bridgehead atoms. The minimum absolute atomic E-state index is 0.245. The molecule has 1 aliphatic carbocycles. The zero-order chi connectivity index (χ0) is 20.7. The molecule has 3 heterocycles. The molecule has 4 aromatic rings. The van der Waals surface area contributed by atoms with E-state index in [4.69, 9.17) is 12.2 Å². The van der Waals surface area contributed by atoms with Crippen LogP contribution in [0.5, 0.6) is 0 Å². The van der Waals surface area contributed by atoms with Gasteiger partial charge in [0.25, 0.3) is 5.91 Å². The van der Waals surface area contributed by atoms with E-state index in [1.54, 1.807) is 21.4 Å². The van der Waals surface area contributed by atoms with Gasteiger partial charge in [0.05, 0.1) is 18.4 Å². The van der Waals surface area contributed by atoms with Gasteiger partial charge < -0.3 is 9.88 Å². The van der Waals surface area contributed by atoms with E-state index in [1.165, 1.54) is 18.3 Å². The fourth-order valence-corrected chi connectivity index (χ4v) is 3.72. The van der Waals surface area contributed by atoms with Crippen LogP contribution in [0.25, 0.3) is 11.5 Å². The van der Waals surface area contributed by atoms with Gasteiger partial charge in [-0.05, 0) is 61.5 Å². The fourth-order valence-electron chi connectivity index (χ4n) is 3.42. The van der Waals surface area contributed by atoms with Crippen molar-refractivity contribution in [2.75, 3.05) is 0 Å². The van der Waals surface area contributed by atoms with Crippen LogP contribution in [0, 0.1) is 10.6 Å². The molecule has 0 aliphatic heterocycles. The van der Waals surface area contributed by atoms with Crippen molar-refractivity contribution in [3.8, 4) is 11.5 Å². The summed E-state index contributed by atoms with van der Waals surface area (Å²) in [5.41, 5.74) is 1.04. The van der Waals surface area contributed by atoms with Gasteiger partial charge in [-0.3, -0.25) is 14.5 Å². The lowest BCUT2D eigenvalue weighted by atomic mass is 10.2. The van der Waals surface area contributed by atoms with Gasteiger partial charge in [0, 0.05) is 18.4 Å². The highest BCUT2D eigenvalue weighted by Crippen LogP contribution is 2.35. The third kappa shape index (κ3) is 3.35. The van der Waals surface area contributed by atoms with Crippen LogP contribution in [-0.4, -0.2) is 35.0 Å². The molecule has 30 heavy (non-hydrogen) atoms. The van der Waals surface area contributed by atoms with Gasteiger partial charge in [0.1, 0.15) is 11.4 Å². The summed E-state index contributed by atoms with van der Waals surface area (Å²) in [5, 5.41) is 14.3. The van der Waals surface area contributed by atoms with Crippen molar-refractivity contribution in [3.63, 3.8) is 0 Å². The Labute approximate surface area is 176 Å². The lowest BCUT2D eigenvalue weighted by molar-refractivity contribution is 0.0949. The van der Waals surface area contributed by atoms with Crippen molar-refractivity contribution in [1.82, 2.24) is 34.4 Å². The van der Waals surface area contributed by atoms with Crippen LogP contribution in [0.3, 0.4) is 0 Å². The summed E-state index contributed by atoms with van der Waals surface area (Å²) < 4.78 is 19.3. The first kappa shape index (κ1) is 18.5. The van der Waals surface area contributed by atoms with E-state index < -0.39 is 0 Å². The maximum Gasteiger partial charge on any atom is 0.257 e. The monoisotopic (exact) mass is 423 g/mol. The molecule has 1 amide bonds. The number of halogens is 1. The molecule has 152 valence electrons. The molecule has 8 nitrogen and oxygen atoms in total. The molecule has 0 radical (unpaired) electrons. The average molecular weight is 423 g/mol. The van der Waals surface area contributed by atoms with Gasteiger partial charge in [-0.25, -0.2) is 9.07 Å². The highest BCUT2D eigenvalue weighted by Gasteiger charge is 2.27. The van der Waals surface area contributed by atoms with E-state index in [9.17, 15) is 9.18 Å². The summed E-state index contributed by atoms with van der Waals surface area (Å²) in [4.78, 5) is 13.0. The number of carbonyl (C=O) groups excluding carboxylic acids is 1. The maximum atomic E-state index is 13.3. The first-order chi connectivity index (χ1) is 14.6. The number of hydrogen-bond donors (Lipinski definition) is 2. The standard InChI is InChI=1S/C20H18FN7OS/c21-13-3-5-15(6-4-13)28-19(26-9-1-2-10-26)16(11-23-28)18(29)22-12-17-24-25-20(30)27(17)14-7-8-14/h1-6,9-11,14H,7-8,12H2,(H,22,29)(H,25,30). The number of benzene rings is 1. The van der Waals surface area contributed by atoms with Gasteiger partial charge in [-0.1, -0.05) is 0 Å². The average Bonchev–Trinajstić information content (AvgIpc) is 3.14. The van der Waals surface area contributed by atoms with Crippen LogP contribution in [0.2, 0.25) is 0 Å². The third-order valence-corrected chi connectivity index (χ3v) is 5.29. The van der Waals surface area contributed by atoms with E-state index in [0.717, 1.165) is 12.8 Å². The molecule has 5 rings (SSSR count). The van der Waals surface area contributed by atoms with Gasteiger partial charge in [-0.2, -0.15) is 10.2 Å². The van der Waals surface area contributed by atoms with Crippen molar-refractivity contribution < 1.29 is 9.18 Å². The highest BCUT2D eigenvalue weighted by atomic mass is 32.1. The van der Waals surface area contributed by atoms with Crippen LogP contribution in [0.4, 0.5) is 4.39 Å². The fraction of sp³-hybridized carbons (Fsp3) is 0.200. The van der Waals surface area contributed by atoms with Crippen molar-refractivity contribution in [1.29, 1.82) is 0 Å². The topological polar surface area (TPSA) is 85.5 Å². The van der Waals surface area contributed by atoms with E-state index in [2.05, 4.69) is 20.6 Å². The number of H-pyrrole nitrogens is 1. The second-order valence-electron chi connectivity index (χ2n) is 7.09. The second kappa shape index (κ2) is 7.38. The van der Waals surface area contributed by atoms with Gasteiger partial charge in [0.15, 0.2) is 16.4 Å². The number of nitrogens with zero attached hydrogens (tertiary/aromatic N) is 5. The smallest absolute Gasteiger partial charge is 0.257 e. The molecule has 1 aromatic carbocycles. The Morgan fingerprint density at radius 2 is 1.97 bits per heavy atom. The second-order valence-corrected chi connectivity index (χ2v) is 7.48. The molecule has 0 spiro atoms. The summed E-state index contributed by atoms with van der Waals surface area (Å²) in [6.45, 7) is 0.245. The Kier molecular flexibility index (Phi) is 4.55. The van der Waals surface area contributed by atoms with Crippen molar-refractivity contribution in [2.45, 2.75) is 25.4 Å².